The summed E-state index contributed by atoms with van der Waals surface area (Å²) in [5.41, 5.74) is -7.15. The van der Waals surface area contributed by atoms with Crippen LogP contribution in [-0.2, 0) is 72.6 Å². The van der Waals surface area contributed by atoms with E-state index in [2.05, 4.69) is 40.8 Å². The van der Waals surface area contributed by atoms with E-state index in [4.69, 9.17) is 0 Å². The molecule has 1 amide bonds. The molecule has 41 heteroatoms. The SMILES string of the molecule is Cc1cc(-c2ccc3c(c2)CC(=O)N3Cc2ccc(C(O)(C(F)(F)F)C(F)(F)F)cc2)n[nH]1.Cc1cc(-c2ccc3c(c2)CCN3Cc2ccc(C(O)(C(F)(F)F)C(F)(F)F)cc2)n[nH]1.Cc1cc(-c2ccc3c(ccn3Cc3ccc(C(O)(C(F)(F)F)C(F)(F)F)cc3)c2)n[nH]1.OC(c1ccc(CN2CCc3cc(-c4cn[nH]c4)ccc32)cc1)(C(F)(F)F)C(F)(F)F. The van der Waals surface area contributed by atoms with Crippen molar-refractivity contribution in [1.29, 1.82) is 0 Å². The summed E-state index contributed by atoms with van der Waals surface area (Å²) >= 11 is 0. The number of anilines is 3. The van der Waals surface area contributed by atoms with Crippen molar-refractivity contribution in [3.8, 4) is 44.9 Å². The maximum Gasteiger partial charge on any atom is 0.430 e. The van der Waals surface area contributed by atoms with Crippen molar-refractivity contribution in [1.82, 2.24) is 45.4 Å². The summed E-state index contributed by atoms with van der Waals surface area (Å²) in [5.74, 6) is -0.258. The van der Waals surface area contributed by atoms with Crippen LogP contribution in [0.5, 0.6) is 0 Å². The van der Waals surface area contributed by atoms with E-state index >= 15 is 0 Å². The number of H-pyrrole nitrogens is 4. The molecule has 17 nitrogen and oxygen atoms in total. The number of carbonyl (C=O) groups excluding carboxylic acids is 1. The Morgan fingerprint density at radius 2 is 0.664 bits per heavy atom. The van der Waals surface area contributed by atoms with E-state index in [1.165, 1.54) is 29.2 Å². The Hall–Kier alpha value is -12.6. The van der Waals surface area contributed by atoms with Crippen molar-refractivity contribution >= 4 is 33.9 Å². The maximum absolute atomic E-state index is 13.1. The highest BCUT2D eigenvalue weighted by molar-refractivity contribution is 6.02. The molecule has 676 valence electrons. The number of hydrogen-bond acceptors (Lipinski definition) is 11. The lowest BCUT2D eigenvalue weighted by atomic mass is 9.91. The highest BCUT2D eigenvalue weighted by atomic mass is 19.4. The summed E-state index contributed by atoms with van der Waals surface area (Å²) in [6, 6.07) is 44.5. The average molecular weight is 1820 g/mol. The summed E-state index contributed by atoms with van der Waals surface area (Å²) in [4.78, 5) is 18.0. The Kier molecular flexibility index (Phi) is 24.8. The molecule has 8 heterocycles. The molecule has 0 saturated carbocycles. The normalized spacial score (nSPS) is 14.3. The zero-order valence-electron chi connectivity index (χ0n) is 66.4. The molecule has 0 unspecified atom stereocenters. The second-order valence-corrected chi connectivity index (χ2v) is 30.7. The number of alkyl halides is 24. The molecule has 3 aliphatic rings. The zero-order valence-corrected chi connectivity index (χ0v) is 66.4. The van der Waals surface area contributed by atoms with Gasteiger partial charge >= 0.3 is 49.4 Å². The molecule has 128 heavy (non-hydrogen) atoms. The number of benzene rings is 8. The average Bonchev–Trinajstić information content (AvgIpc) is 0.906. The van der Waals surface area contributed by atoms with Crippen LogP contribution >= 0.6 is 0 Å². The van der Waals surface area contributed by atoms with Crippen LogP contribution < -0.4 is 14.7 Å². The summed E-state index contributed by atoms with van der Waals surface area (Å²) < 4.78 is 315. The molecule has 8 N–H and O–H groups in total. The van der Waals surface area contributed by atoms with Crippen molar-refractivity contribution < 1.29 is 131 Å². The Bertz CT molecular complexity index is 6050. The molecule has 0 fully saturated rings. The second kappa shape index (κ2) is 34.2. The first-order valence-electron chi connectivity index (χ1n) is 38.3. The van der Waals surface area contributed by atoms with Crippen molar-refractivity contribution in [3.63, 3.8) is 0 Å². The lowest BCUT2D eigenvalue weighted by Gasteiger charge is -2.32. The first kappa shape index (κ1) is 93.0. The number of aromatic nitrogens is 9. The minimum atomic E-state index is -5.96. The number of aryl methyl sites for hydroxylation is 3. The molecule has 0 aliphatic carbocycles. The lowest BCUT2D eigenvalue weighted by molar-refractivity contribution is -0.376. The molecule has 8 aromatic carbocycles. The molecule has 0 radical (unpaired) electrons. The molecule has 16 rings (SSSR count). The van der Waals surface area contributed by atoms with Crippen molar-refractivity contribution in [2.24, 2.45) is 0 Å². The third-order valence-electron chi connectivity index (χ3n) is 22.0. The van der Waals surface area contributed by atoms with Crippen molar-refractivity contribution in [2.75, 3.05) is 27.8 Å². The minimum Gasteiger partial charge on any atom is -0.369 e. The van der Waals surface area contributed by atoms with E-state index in [0.717, 1.165) is 132 Å². The number of hydrogen-bond donors (Lipinski definition) is 8. The highest BCUT2D eigenvalue weighted by Gasteiger charge is 2.74. The number of nitrogens with zero attached hydrogens (tertiary/aromatic N) is 8. The van der Waals surface area contributed by atoms with Crippen LogP contribution in [0.1, 0.15) is 78.3 Å². The standard InChI is InChI=1S/C22H17F6N3O2.C22H19F6N3O.C22H17F6N3O.C21H17F6N3O/c1-12-8-17(30-29-12)14-4-7-18-15(9-14)10-19(32)31(18)11-13-2-5-16(6-3-13)20(33,21(23,24)25)22(26,27)28;2*1-13-10-18(30-29-13)15-4-7-19-16(11-15)8-9-31(19)12-14-2-5-17(6-3-14)20(32,21(23,24)25)22(26,27)28;22-20(23,24)19(31,21(25,26)27)17-4-1-13(2-5-17)12-30-8-7-15-9-14(3-6-18(15)30)16-10-28-29-11-16/h2-9,33H,10-11H2,1H3,(H,29,30);2-7,10-11,32H,8-9,12H2,1H3,(H,29,30);2-11,32H,12H2,1H3,(H,29,30);1-6,9-11,31H,7-8,12H2,(H,28,29). The minimum absolute atomic E-state index is 0.0521. The van der Waals surface area contributed by atoms with Crippen LogP contribution in [0.4, 0.5) is 122 Å². The van der Waals surface area contributed by atoms with Gasteiger partial charge in [0.1, 0.15) is 0 Å². The van der Waals surface area contributed by atoms with Gasteiger partial charge in [-0.15, -0.1) is 0 Å². The third kappa shape index (κ3) is 18.2. The van der Waals surface area contributed by atoms with Gasteiger partial charge in [0.15, 0.2) is 0 Å². The fourth-order valence-electron chi connectivity index (χ4n) is 15.1. The van der Waals surface area contributed by atoms with Gasteiger partial charge in [0.2, 0.25) is 5.91 Å². The van der Waals surface area contributed by atoms with E-state index < -0.39 is 94.1 Å². The van der Waals surface area contributed by atoms with E-state index in [1.54, 1.807) is 30.7 Å². The fourth-order valence-corrected chi connectivity index (χ4v) is 15.1. The topological polar surface area (TPSA) is 227 Å². The predicted molar refractivity (Wildman–Crippen MR) is 419 cm³/mol. The second-order valence-electron chi connectivity index (χ2n) is 30.7. The summed E-state index contributed by atoms with van der Waals surface area (Å²) in [6.45, 7) is 7.77. The summed E-state index contributed by atoms with van der Waals surface area (Å²) in [6.07, 6.45) is -40.4. The lowest BCUT2D eigenvalue weighted by Crippen LogP contribution is -2.53. The maximum atomic E-state index is 13.1. The van der Waals surface area contributed by atoms with Gasteiger partial charge in [-0.25, -0.2) is 0 Å². The predicted octanol–water partition coefficient (Wildman–Crippen LogP) is 20.7. The number of rotatable bonds is 16. The van der Waals surface area contributed by atoms with Gasteiger partial charge in [-0.1, -0.05) is 121 Å². The zero-order chi connectivity index (χ0) is 93.2. The number of nitrogens with one attached hydrogen (secondary N) is 4. The van der Waals surface area contributed by atoms with Crippen molar-refractivity contribution in [2.45, 2.75) is 138 Å². The summed E-state index contributed by atoms with van der Waals surface area (Å²) in [5, 5.41) is 66.8. The van der Waals surface area contributed by atoms with Crippen LogP contribution in [0.2, 0.25) is 0 Å². The van der Waals surface area contributed by atoms with Gasteiger partial charge in [0.25, 0.3) is 22.4 Å². The van der Waals surface area contributed by atoms with Crippen LogP contribution in [0.3, 0.4) is 0 Å². The van der Waals surface area contributed by atoms with Crippen LogP contribution in [0.15, 0.2) is 213 Å². The first-order chi connectivity index (χ1) is 59.6. The number of halogens is 24. The largest absolute Gasteiger partial charge is 0.430 e. The number of aromatic amines is 4. The van der Waals surface area contributed by atoms with E-state index in [9.17, 15) is 131 Å². The molecule has 0 spiro atoms. The van der Waals surface area contributed by atoms with Crippen LogP contribution in [0, 0.1) is 20.8 Å². The number of fused-ring (bicyclic) bond motifs is 4. The molecule has 3 aliphatic heterocycles. The Balaban J connectivity index is 0.000000146. The molecule has 13 aromatic rings. The number of carbonyl (C=O) groups is 1. The van der Waals surface area contributed by atoms with E-state index in [1.807, 2.05) is 120 Å². The molecule has 5 aromatic heterocycles. The van der Waals surface area contributed by atoms with Gasteiger partial charge in [-0.2, -0.15) is 126 Å². The quantitative estimate of drug-likeness (QED) is 0.0425. The van der Waals surface area contributed by atoms with Crippen molar-refractivity contribution in [3.05, 3.63) is 291 Å². The smallest absolute Gasteiger partial charge is 0.369 e. The molecule has 0 saturated heterocycles. The van der Waals surface area contributed by atoms with Gasteiger partial charge < -0.3 is 39.7 Å². The van der Waals surface area contributed by atoms with E-state index in [-0.39, 0.29) is 25.4 Å². The Labute approximate surface area is 708 Å². The first-order valence-corrected chi connectivity index (χ1v) is 38.3. The van der Waals surface area contributed by atoms with Gasteiger partial charge in [0, 0.05) is 135 Å². The van der Waals surface area contributed by atoms with Crippen LogP contribution in [-0.4, -0.2) is 134 Å². The highest BCUT2D eigenvalue weighted by Crippen LogP contribution is 2.55. The Morgan fingerprint density at radius 3 is 1.01 bits per heavy atom. The third-order valence-corrected chi connectivity index (χ3v) is 22.0. The molecular formula is C87H70F24N12O5. The van der Waals surface area contributed by atoms with Gasteiger partial charge in [-0.05, 0) is 151 Å². The van der Waals surface area contributed by atoms with E-state index in [0.29, 0.717) is 108 Å². The monoisotopic (exact) mass is 1820 g/mol. The molecular weight excluding hydrogens is 1750 g/mol. The Morgan fingerprint density at radius 1 is 0.344 bits per heavy atom. The number of aliphatic hydroxyl groups is 4. The molecule has 0 atom stereocenters. The molecule has 0 bridgehead atoms. The van der Waals surface area contributed by atoms with Crippen LogP contribution in [0.25, 0.3) is 55.8 Å². The number of amides is 1. The fraction of sp³-hybridized carbons (Fsp3) is 0.276. The summed E-state index contributed by atoms with van der Waals surface area (Å²) in [7, 11) is 0. The van der Waals surface area contributed by atoms with Gasteiger partial charge in [-0.3, -0.25) is 25.2 Å². The van der Waals surface area contributed by atoms with Gasteiger partial charge in [0.05, 0.1) is 36.2 Å².